The molecule has 0 saturated heterocycles. The Bertz CT molecular complexity index is 756. The Morgan fingerprint density at radius 2 is 2.24 bits per heavy atom. The summed E-state index contributed by atoms with van der Waals surface area (Å²) in [5.41, 5.74) is 1.00. The minimum absolute atomic E-state index is 0.0950. The smallest absolute Gasteiger partial charge is 0.449 e. The molecule has 0 radical (unpaired) electrons. The third-order valence-corrected chi connectivity index (χ3v) is 3.19. The number of carbonyl (C=O) groups is 2. The van der Waals surface area contributed by atoms with E-state index in [2.05, 4.69) is 9.72 Å². The average Bonchev–Trinajstić information content (AvgIpc) is 2.75. The van der Waals surface area contributed by atoms with Crippen LogP contribution in [0.5, 0.6) is 5.88 Å². The zero-order valence-electron chi connectivity index (χ0n) is 10.9. The van der Waals surface area contributed by atoms with Crippen molar-refractivity contribution in [3.8, 4) is 11.6 Å². The minimum Gasteiger partial charge on any atom is -0.449 e. The first kappa shape index (κ1) is 13.1. The Morgan fingerprint density at radius 1 is 1.48 bits per heavy atom. The zero-order valence-corrected chi connectivity index (χ0v) is 10.9. The summed E-state index contributed by atoms with van der Waals surface area (Å²) in [5, 5.41) is 8.71. The highest BCUT2D eigenvalue weighted by molar-refractivity contribution is 5.98. The molecule has 1 N–H and O–H groups in total. The Kier molecular flexibility index (Phi) is 2.86. The number of carbonyl (C=O) groups excluding carboxylic acids is 1. The fourth-order valence-electron chi connectivity index (χ4n) is 2.27. The van der Waals surface area contributed by atoms with Crippen molar-refractivity contribution in [3.05, 3.63) is 41.6 Å². The lowest BCUT2D eigenvalue weighted by atomic mass is 10.1. The first-order valence-electron chi connectivity index (χ1n) is 5.99. The molecule has 1 aromatic carbocycles. The third kappa shape index (κ3) is 2.10. The number of halogens is 1. The maximum atomic E-state index is 13.4. The molecule has 0 fully saturated rings. The number of benzene rings is 1. The van der Waals surface area contributed by atoms with Crippen LogP contribution in [0.4, 0.5) is 9.18 Å². The van der Waals surface area contributed by atoms with Crippen LogP contribution < -0.4 is 4.74 Å². The van der Waals surface area contributed by atoms with Gasteiger partial charge in [-0.2, -0.15) is 0 Å². The number of rotatable bonds is 1. The summed E-state index contributed by atoms with van der Waals surface area (Å²) in [7, 11) is 1.53. The van der Waals surface area contributed by atoms with E-state index in [0.29, 0.717) is 11.4 Å². The molecule has 0 bridgehead atoms. The van der Waals surface area contributed by atoms with E-state index in [9.17, 15) is 14.0 Å². The van der Waals surface area contributed by atoms with Gasteiger partial charge in [0, 0.05) is 7.05 Å². The number of hydrogen-bond donors (Lipinski definition) is 1. The molecule has 1 amide bonds. The van der Waals surface area contributed by atoms with Gasteiger partial charge in [0.15, 0.2) is 0 Å². The van der Waals surface area contributed by atoms with E-state index in [-0.39, 0.29) is 23.9 Å². The van der Waals surface area contributed by atoms with Crippen molar-refractivity contribution in [2.24, 2.45) is 0 Å². The van der Waals surface area contributed by atoms with Crippen LogP contribution >= 0.6 is 0 Å². The van der Waals surface area contributed by atoms with E-state index in [1.807, 2.05) is 0 Å². The lowest BCUT2D eigenvalue weighted by Gasteiger charge is -2.14. The van der Waals surface area contributed by atoms with Crippen molar-refractivity contribution in [3.63, 3.8) is 0 Å². The minimum atomic E-state index is -1.49. The molecule has 108 valence electrons. The van der Waals surface area contributed by atoms with Crippen molar-refractivity contribution < 1.29 is 23.8 Å². The standard InChI is InChI=1S/C13H10FN3O4/c1-16-5-10-11(21-13(19)20)15-6-17(10)9-3-2-7(14)4-8(9)12(16)18/h2-4,6H,5H2,1H3,(H,19,20). The van der Waals surface area contributed by atoms with Crippen LogP contribution in [0, 0.1) is 5.82 Å². The Hall–Kier alpha value is -2.90. The van der Waals surface area contributed by atoms with Crippen molar-refractivity contribution in [1.82, 2.24) is 14.5 Å². The lowest BCUT2D eigenvalue weighted by molar-refractivity contribution is 0.0786. The molecule has 1 aliphatic heterocycles. The quantitative estimate of drug-likeness (QED) is 0.808. The molecule has 0 aliphatic carbocycles. The Balaban J connectivity index is 2.21. The van der Waals surface area contributed by atoms with Crippen LogP contribution in [0.15, 0.2) is 24.5 Å². The van der Waals surface area contributed by atoms with E-state index >= 15 is 0 Å². The number of aromatic nitrogens is 2. The fourth-order valence-corrected chi connectivity index (χ4v) is 2.27. The third-order valence-electron chi connectivity index (χ3n) is 3.19. The van der Waals surface area contributed by atoms with Crippen molar-refractivity contribution in [2.45, 2.75) is 6.54 Å². The maximum Gasteiger partial charge on any atom is 0.512 e. The monoisotopic (exact) mass is 291 g/mol. The van der Waals surface area contributed by atoms with Gasteiger partial charge < -0.3 is 14.7 Å². The van der Waals surface area contributed by atoms with E-state index in [4.69, 9.17) is 5.11 Å². The van der Waals surface area contributed by atoms with Crippen LogP contribution in [0.25, 0.3) is 5.69 Å². The molecule has 1 aliphatic rings. The number of amides is 1. The molecule has 0 spiro atoms. The predicted octanol–water partition coefficient (Wildman–Crippen LogP) is 1.65. The molecule has 7 nitrogen and oxygen atoms in total. The van der Waals surface area contributed by atoms with Crippen LogP contribution in [0.2, 0.25) is 0 Å². The maximum absolute atomic E-state index is 13.4. The van der Waals surface area contributed by atoms with Crippen molar-refractivity contribution in [2.75, 3.05) is 7.05 Å². The molecule has 0 unspecified atom stereocenters. The summed E-state index contributed by atoms with van der Waals surface area (Å²) >= 11 is 0. The van der Waals surface area contributed by atoms with E-state index in [0.717, 1.165) is 6.07 Å². The van der Waals surface area contributed by atoms with E-state index < -0.39 is 12.0 Å². The fraction of sp³-hybridized carbons (Fsp3) is 0.154. The number of imidazole rings is 1. The average molecular weight is 291 g/mol. The summed E-state index contributed by atoms with van der Waals surface area (Å²) in [4.78, 5) is 28.2. The molecule has 21 heavy (non-hydrogen) atoms. The second kappa shape index (κ2) is 4.58. The van der Waals surface area contributed by atoms with Gasteiger partial charge in [-0.05, 0) is 18.2 Å². The van der Waals surface area contributed by atoms with Gasteiger partial charge in [0.05, 0.1) is 17.8 Å². The highest BCUT2D eigenvalue weighted by atomic mass is 19.1. The molecular weight excluding hydrogens is 281 g/mol. The number of carboxylic acid groups (broad SMARTS) is 1. The highest BCUT2D eigenvalue weighted by Gasteiger charge is 2.27. The summed E-state index contributed by atoms with van der Waals surface area (Å²) < 4.78 is 19.5. The first-order chi connectivity index (χ1) is 9.97. The molecule has 1 aromatic heterocycles. The summed E-state index contributed by atoms with van der Waals surface area (Å²) in [6.45, 7) is 0.0950. The van der Waals surface area contributed by atoms with Gasteiger partial charge in [0.1, 0.15) is 17.8 Å². The molecule has 3 rings (SSSR count). The highest BCUT2D eigenvalue weighted by Crippen LogP contribution is 2.29. The van der Waals surface area contributed by atoms with Crippen molar-refractivity contribution in [1.29, 1.82) is 0 Å². The van der Waals surface area contributed by atoms with Crippen molar-refractivity contribution >= 4 is 12.1 Å². The number of nitrogens with zero attached hydrogens (tertiary/aromatic N) is 3. The molecule has 8 heteroatoms. The van der Waals surface area contributed by atoms with E-state index in [1.54, 1.807) is 0 Å². The lowest BCUT2D eigenvalue weighted by Crippen LogP contribution is -2.25. The second-order valence-electron chi connectivity index (χ2n) is 4.56. The largest absolute Gasteiger partial charge is 0.512 e. The normalized spacial score (nSPS) is 13.4. The molecule has 2 heterocycles. The Labute approximate surface area is 118 Å². The van der Waals surface area contributed by atoms with Gasteiger partial charge in [-0.15, -0.1) is 0 Å². The van der Waals surface area contributed by atoms with Crippen LogP contribution in [0.1, 0.15) is 16.1 Å². The second-order valence-corrected chi connectivity index (χ2v) is 4.56. The molecule has 0 saturated carbocycles. The predicted molar refractivity (Wildman–Crippen MR) is 68.0 cm³/mol. The van der Waals surface area contributed by atoms with Gasteiger partial charge in [-0.1, -0.05) is 0 Å². The summed E-state index contributed by atoms with van der Waals surface area (Å²) in [6.07, 6.45) is -0.148. The van der Waals surface area contributed by atoms with Gasteiger partial charge in [-0.3, -0.25) is 9.36 Å². The van der Waals surface area contributed by atoms with Crippen LogP contribution in [-0.4, -0.2) is 38.7 Å². The number of fused-ring (bicyclic) bond motifs is 3. The van der Waals surface area contributed by atoms with Gasteiger partial charge in [-0.25, -0.2) is 14.2 Å². The molecular formula is C13H10FN3O4. The van der Waals surface area contributed by atoms with Gasteiger partial charge in [0.2, 0.25) is 5.88 Å². The summed E-state index contributed by atoms with van der Waals surface area (Å²) in [6, 6.07) is 3.80. The van der Waals surface area contributed by atoms with Crippen LogP contribution in [0.3, 0.4) is 0 Å². The Morgan fingerprint density at radius 3 is 2.95 bits per heavy atom. The van der Waals surface area contributed by atoms with Crippen LogP contribution in [-0.2, 0) is 6.54 Å². The zero-order chi connectivity index (χ0) is 15.1. The molecule has 2 aromatic rings. The van der Waals surface area contributed by atoms with Gasteiger partial charge >= 0.3 is 6.16 Å². The molecule has 0 atom stereocenters. The summed E-state index contributed by atoms with van der Waals surface area (Å²) in [5.74, 6) is -0.991. The SMILES string of the molecule is CN1Cc2c(OC(=O)O)ncn2-c2ccc(F)cc2C1=O. The first-order valence-corrected chi connectivity index (χ1v) is 5.99. The number of hydrogen-bond acceptors (Lipinski definition) is 4. The van der Waals surface area contributed by atoms with E-state index in [1.165, 1.54) is 35.0 Å². The number of ether oxygens (including phenoxy) is 1. The topological polar surface area (TPSA) is 84.7 Å². The van der Waals surface area contributed by atoms with Gasteiger partial charge in [0.25, 0.3) is 5.91 Å².